The zero-order valence-electron chi connectivity index (χ0n) is 16.7. The molecule has 0 radical (unpaired) electrons. The largest absolute Gasteiger partial charge is 0.312 e. The number of benzene rings is 1. The van der Waals surface area contributed by atoms with E-state index in [4.69, 9.17) is 4.98 Å². The molecule has 0 bridgehead atoms. The number of anilines is 1. The third-order valence-corrected chi connectivity index (χ3v) is 6.94. The maximum absolute atomic E-state index is 13.3. The lowest BCUT2D eigenvalue weighted by Gasteiger charge is -2.10. The molecular weight excluding hydrogens is 394 g/mol. The Kier molecular flexibility index (Phi) is 4.37. The highest BCUT2D eigenvalue weighted by atomic mass is 32.1. The fraction of sp³-hybridized carbons (Fsp3) is 0.217. The van der Waals surface area contributed by atoms with E-state index in [1.807, 2.05) is 44.3 Å². The molecule has 1 aliphatic carbocycles. The van der Waals surface area contributed by atoms with Crippen LogP contribution in [0.5, 0.6) is 0 Å². The van der Waals surface area contributed by atoms with Gasteiger partial charge < -0.3 is 5.32 Å². The summed E-state index contributed by atoms with van der Waals surface area (Å²) in [6, 6.07) is 11.7. The predicted octanol–water partition coefficient (Wildman–Crippen LogP) is 4.62. The van der Waals surface area contributed by atoms with Crippen molar-refractivity contribution in [2.75, 3.05) is 5.32 Å². The zero-order chi connectivity index (χ0) is 20.8. The number of thiophene rings is 1. The monoisotopic (exact) mass is 413 g/mol. The van der Waals surface area contributed by atoms with E-state index in [-0.39, 0.29) is 5.91 Å². The summed E-state index contributed by atoms with van der Waals surface area (Å²) in [6.45, 7) is 1.98. The fourth-order valence-electron chi connectivity index (χ4n) is 4.03. The van der Waals surface area contributed by atoms with E-state index in [9.17, 15) is 10.1 Å². The topological polar surface area (TPSA) is 83.6 Å². The molecule has 0 unspecified atom stereocenters. The van der Waals surface area contributed by atoms with Crippen LogP contribution in [0.1, 0.15) is 38.5 Å². The van der Waals surface area contributed by atoms with Crippen LogP contribution in [0.25, 0.3) is 22.2 Å². The Labute approximate surface area is 177 Å². The minimum Gasteiger partial charge on any atom is -0.312 e. The van der Waals surface area contributed by atoms with Crippen LogP contribution in [0, 0.1) is 18.3 Å². The quantitative estimate of drug-likeness (QED) is 0.531. The summed E-state index contributed by atoms with van der Waals surface area (Å²) in [6.07, 6.45) is 4.74. The van der Waals surface area contributed by atoms with Crippen molar-refractivity contribution in [1.82, 2.24) is 14.8 Å². The number of nitrogens with zero attached hydrogens (tertiary/aromatic N) is 4. The standard InChI is InChI=1S/C23H19N5OS/c1-13-18(12-25-28(13)2)20-10-16(14-6-3-4-8-19(14)26-20)22(29)27-23-17(11-24)15-7-5-9-21(15)30-23/h3-4,6,8,10,12H,5,7,9H2,1-2H3,(H,27,29). The summed E-state index contributed by atoms with van der Waals surface area (Å²) in [5.41, 5.74) is 5.58. The van der Waals surface area contributed by atoms with Gasteiger partial charge in [-0.1, -0.05) is 18.2 Å². The van der Waals surface area contributed by atoms with Crippen molar-refractivity contribution in [2.24, 2.45) is 7.05 Å². The molecule has 0 spiro atoms. The third kappa shape index (κ3) is 2.88. The van der Waals surface area contributed by atoms with Crippen molar-refractivity contribution < 1.29 is 4.79 Å². The number of hydrogen-bond acceptors (Lipinski definition) is 5. The average molecular weight is 414 g/mol. The van der Waals surface area contributed by atoms with Crippen molar-refractivity contribution in [2.45, 2.75) is 26.2 Å². The second kappa shape index (κ2) is 7.08. The number of para-hydroxylation sites is 1. The molecule has 3 aromatic heterocycles. The van der Waals surface area contributed by atoms with Crippen LogP contribution in [0.3, 0.4) is 0 Å². The normalized spacial score (nSPS) is 12.7. The Morgan fingerprint density at radius 1 is 1.30 bits per heavy atom. The number of pyridine rings is 1. The molecule has 4 aromatic rings. The van der Waals surface area contributed by atoms with Crippen LogP contribution in [0.15, 0.2) is 36.5 Å². The smallest absolute Gasteiger partial charge is 0.257 e. The number of fused-ring (bicyclic) bond motifs is 2. The number of rotatable bonds is 3. The summed E-state index contributed by atoms with van der Waals surface area (Å²) in [5, 5.41) is 18.4. The average Bonchev–Trinajstić information content (AvgIpc) is 3.42. The second-order valence-electron chi connectivity index (χ2n) is 7.47. The molecule has 6 nitrogen and oxygen atoms in total. The zero-order valence-corrected chi connectivity index (χ0v) is 17.5. The molecule has 30 heavy (non-hydrogen) atoms. The number of amides is 1. The summed E-state index contributed by atoms with van der Waals surface area (Å²) in [4.78, 5) is 19.3. The predicted molar refractivity (Wildman–Crippen MR) is 118 cm³/mol. The van der Waals surface area contributed by atoms with Gasteiger partial charge in [-0.2, -0.15) is 10.4 Å². The maximum Gasteiger partial charge on any atom is 0.257 e. The first-order valence-corrected chi connectivity index (χ1v) is 10.6. The maximum atomic E-state index is 13.3. The highest BCUT2D eigenvalue weighted by Crippen LogP contribution is 2.39. The number of aryl methyl sites for hydroxylation is 2. The Balaban J connectivity index is 1.61. The van der Waals surface area contributed by atoms with Crippen LogP contribution in [-0.4, -0.2) is 20.7 Å². The lowest BCUT2D eigenvalue weighted by molar-refractivity contribution is 0.102. The van der Waals surface area contributed by atoms with Crippen LogP contribution in [-0.2, 0) is 19.9 Å². The van der Waals surface area contributed by atoms with Crippen LogP contribution >= 0.6 is 11.3 Å². The van der Waals surface area contributed by atoms with Crippen molar-refractivity contribution in [3.05, 3.63) is 63.8 Å². The highest BCUT2D eigenvalue weighted by molar-refractivity contribution is 7.16. The number of aromatic nitrogens is 3. The van der Waals surface area contributed by atoms with E-state index < -0.39 is 0 Å². The van der Waals surface area contributed by atoms with Crippen molar-refractivity contribution >= 4 is 33.1 Å². The molecule has 0 saturated carbocycles. The summed E-state index contributed by atoms with van der Waals surface area (Å²) < 4.78 is 1.79. The van der Waals surface area contributed by atoms with Gasteiger partial charge in [-0.15, -0.1) is 11.3 Å². The van der Waals surface area contributed by atoms with Gasteiger partial charge in [0.2, 0.25) is 0 Å². The molecule has 0 atom stereocenters. The van der Waals surface area contributed by atoms with Gasteiger partial charge in [0.1, 0.15) is 11.1 Å². The van der Waals surface area contributed by atoms with Crippen molar-refractivity contribution in [3.8, 4) is 17.3 Å². The van der Waals surface area contributed by atoms with Crippen molar-refractivity contribution in [3.63, 3.8) is 0 Å². The van der Waals surface area contributed by atoms with Crippen LogP contribution < -0.4 is 5.32 Å². The van der Waals surface area contributed by atoms with Gasteiger partial charge in [-0.05, 0) is 43.9 Å². The lowest BCUT2D eigenvalue weighted by atomic mass is 10.0. The summed E-state index contributed by atoms with van der Waals surface area (Å²) in [7, 11) is 1.88. The Morgan fingerprint density at radius 2 is 2.13 bits per heavy atom. The fourth-order valence-corrected chi connectivity index (χ4v) is 5.27. The molecule has 0 fully saturated rings. The Bertz CT molecular complexity index is 1360. The van der Waals surface area contributed by atoms with Gasteiger partial charge in [-0.25, -0.2) is 4.98 Å². The van der Waals surface area contributed by atoms with Gasteiger partial charge in [0.05, 0.1) is 28.5 Å². The number of carbonyl (C=O) groups is 1. The Morgan fingerprint density at radius 3 is 2.90 bits per heavy atom. The molecule has 1 aliphatic rings. The van der Waals surface area contributed by atoms with E-state index >= 15 is 0 Å². The molecule has 148 valence electrons. The van der Waals surface area contributed by atoms with E-state index in [0.29, 0.717) is 21.8 Å². The molecule has 5 rings (SSSR count). The molecule has 1 amide bonds. The number of nitriles is 1. The highest BCUT2D eigenvalue weighted by Gasteiger charge is 2.24. The van der Waals surface area contributed by atoms with Crippen LogP contribution in [0.2, 0.25) is 0 Å². The first kappa shape index (κ1) is 18.5. The summed E-state index contributed by atoms with van der Waals surface area (Å²) >= 11 is 1.52. The van der Waals surface area contributed by atoms with E-state index in [0.717, 1.165) is 47.0 Å². The van der Waals surface area contributed by atoms with Gasteiger partial charge in [0.15, 0.2) is 0 Å². The first-order chi connectivity index (χ1) is 14.6. The van der Waals surface area contributed by atoms with Gasteiger partial charge in [0, 0.05) is 28.6 Å². The minimum atomic E-state index is -0.229. The Hall–Kier alpha value is -3.50. The first-order valence-electron chi connectivity index (χ1n) is 9.81. The molecule has 1 aromatic carbocycles. The second-order valence-corrected chi connectivity index (χ2v) is 8.57. The number of carbonyl (C=O) groups excluding carboxylic acids is 1. The van der Waals surface area contributed by atoms with E-state index in [1.165, 1.54) is 16.2 Å². The molecule has 0 saturated heterocycles. The van der Waals surface area contributed by atoms with E-state index in [2.05, 4.69) is 16.5 Å². The number of nitrogens with one attached hydrogen (secondary N) is 1. The molecule has 7 heteroatoms. The van der Waals surface area contributed by atoms with Gasteiger partial charge >= 0.3 is 0 Å². The summed E-state index contributed by atoms with van der Waals surface area (Å²) in [5.74, 6) is -0.229. The lowest BCUT2D eigenvalue weighted by Crippen LogP contribution is -2.13. The molecular formula is C23H19N5OS. The minimum absolute atomic E-state index is 0.229. The molecule has 0 aliphatic heterocycles. The van der Waals surface area contributed by atoms with Crippen molar-refractivity contribution in [1.29, 1.82) is 5.26 Å². The number of hydrogen-bond donors (Lipinski definition) is 1. The van der Waals surface area contributed by atoms with E-state index in [1.54, 1.807) is 10.9 Å². The van der Waals surface area contributed by atoms with Gasteiger partial charge in [0.25, 0.3) is 5.91 Å². The van der Waals surface area contributed by atoms with Gasteiger partial charge in [-0.3, -0.25) is 9.48 Å². The van der Waals surface area contributed by atoms with Crippen LogP contribution in [0.4, 0.5) is 5.00 Å². The molecule has 3 heterocycles. The molecule has 1 N–H and O–H groups in total. The third-order valence-electron chi connectivity index (χ3n) is 5.73. The SMILES string of the molecule is Cc1c(-c2cc(C(=O)Nc3sc4c(c3C#N)CCC4)c3ccccc3n2)cnn1C.